The van der Waals surface area contributed by atoms with E-state index in [4.69, 9.17) is 5.14 Å². The van der Waals surface area contributed by atoms with Gasteiger partial charge in [-0.3, -0.25) is 5.14 Å². The summed E-state index contributed by atoms with van der Waals surface area (Å²) in [5, 5.41) is 5.44. The van der Waals surface area contributed by atoms with Crippen molar-refractivity contribution in [2.45, 2.75) is 4.34 Å². The van der Waals surface area contributed by atoms with Crippen LogP contribution in [0.2, 0.25) is 0 Å². The van der Waals surface area contributed by atoms with Crippen LogP contribution in [0.15, 0.2) is 29.1 Å². The number of nitrogens with zero attached hydrogens (tertiary/aromatic N) is 1. The molecule has 0 spiro atoms. The quantitative estimate of drug-likeness (QED) is 0.771. The second kappa shape index (κ2) is 3.49. The predicted octanol–water partition coefficient (Wildman–Crippen LogP) is 2.91. The van der Waals surface area contributed by atoms with Crippen LogP contribution in [-0.4, -0.2) is 4.98 Å². The molecule has 1 aromatic carbocycles. The van der Waals surface area contributed by atoms with Crippen molar-refractivity contribution in [3.05, 3.63) is 30.3 Å². The maximum Gasteiger partial charge on any atom is 0.165 e. The summed E-state index contributed by atoms with van der Waals surface area (Å²) in [7, 11) is 0. The van der Waals surface area contributed by atoms with Gasteiger partial charge < -0.3 is 0 Å². The summed E-state index contributed by atoms with van der Waals surface area (Å²) in [5.41, 5.74) is 2.06. The third kappa shape index (κ3) is 1.48. The number of hydrogen-bond donors (Lipinski definition) is 1. The molecule has 2 N–H and O–H groups in total. The number of para-hydroxylation sites is 1. The molecule has 0 radical (unpaired) electrons. The molecule has 0 fully saturated rings. The van der Waals surface area contributed by atoms with Gasteiger partial charge >= 0.3 is 0 Å². The first-order chi connectivity index (χ1) is 6.35. The van der Waals surface area contributed by atoms with E-state index < -0.39 is 0 Å². The summed E-state index contributed by atoms with van der Waals surface area (Å²) in [6.45, 7) is 3.74. The van der Waals surface area contributed by atoms with Gasteiger partial charge in [-0.15, -0.1) is 11.3 Å². The monoisotopic (exact) mass is 208 g/mol. The first-order valence-corrected chi connectivity index (χ1v) is 5.43. The fraction of sp³-hybridized carbons (Fsp3) is 0. The number of benzene rings is 1. The Balaban J connectivity index is 2.74. The molecule has 0 unspecified atom stereocenters. The predicted molar refractivity (Wildman–Crippen MR) is 59.8 cm³/mol. The van der Waals surface area contributed by atoms with E-state index in [1.807, 2.05) is 24.3 Å². The molecule has 0 amide bonds. The zero-order valence-electron chi connectivity index (χ0n) is 6.86. The van der Waals surface area contributed by atoms with Crippen molar-refractivity contribution >= 4 is 39.6 Å². The number of fused-ring (bicyclic) bond motifs is 1. The molecule has 0 bridgehead atoms. The Morgan fingerprint density at radius 2 is 2.38 bits per heavy atom. The molecule has 0 aliphatic rings. The Labute approximate surface area is 84.6 Å². The first-order valence-electron chi connectivity index (χ1n) is 3.74. The fourth-order valence-corrected chi connectivity index (χ4v) is 2.50. The Morgan fingerprint density at radius 1 is 1.54 bits per heavy atom. The molecular weight excluding hydrogens is 200 g/mol. The number of aromatic nitrogens is 1. The van der Waals surface area contributed by atoms with Gasteiger partial charge in [0.15, 0.2) is 4.34 Å². The van der Waals surface area contributed by atoms with E-state index in [1.54, 1.807) is 11.3 Å². The van der Waals surface area contributed by atoms with Crippen molar-refractivity contribution in [3.8, 4) is 0 Å². The summed E-state index contributed by atoms with van der Waals surface area (Å²) in [6, 6.07) is 6.04. The average molecular weight is 208 g/mol. The van der Waals surface area contributed by atoms with Crippen molar-refractivity contribution in [3.63, 3.8) is 0 Å². The van der Waals surface area contributed by atoms with E-state index in [-0.39, 0.29) is 0 Å². The van der Waals surface area contributed by atoms with Gasteiger partial charge in [-0.1, -0.05) is 24.8 Å². The van der Waals surface area contributed by atoms with Crippen molar-refractivity contribution in [2.24, 2.45) is 5.14 Å². The standard InChI is InChI=1S/C9H8N2S2/c1-2-6-4-3-5-7-8(6)11-9(12-7)13-10/h2-5H,1,10H2. The van der Waals surface area contributed by atoms with Crippen LogP contribution in [0.4, 0.5) is 0 Å². The Kier molecular flexibility index (Phi) is 2.35. The second-order valence-corrected chi connectivity index (χ2v) is 4.41. The molecule has 0 atom stereocenters. The minimum atomic E-state index is 0.893. The third-order valence-electron chi connectivity index (χ3n) is 1.75. The Bertz CT molecular complexity index is 448. The molecule has 2 aromatic rings. The molecule has 1 aromatic heterocycles. The molecule has 0 saturated carbocycles. The van der Waals surface area contributed by atoms with Gasteiger partial charge in [0.05, 0.1) is 10.2 Å². The van der Waals surface area contributed by atoms with E-state index in [0.717, 1.165) is 20.1 Å². The van der Waals surface area contributed by atoms with Crippen molar-refractivity contribution < 1.29 is 0 Å². The maximum absolute atomic E-state index is 5.44. The molecule has 0 aliphatic heterocycles. The van der Waals surface area contributed by atoms with Crippen LogP contribution in [0, 0.1) is 0 Å². The largest absolute Gasteiger partial charge is 0.272 e. The number of hydrogen-bond acceptors (Lipinski definition) is 4. The lowest BCUT2D eigenvalue weighted by Crippen LogP contribution is -1.78. The molecule has 4 heteroatoms. The highest BCUT2D eigenvalue weighted by Gasteiger charge is 2.04. The van der Waals surface area contributed by atoms with Crippen LogP contribution in [-0.2, 0) is 0 Å². The molecule has 1 heterocycles. The molecular formula is C9H8N2S2. The van der Waals surface area contributed by atoms with Crippen molar-refractivity contribution in [1.29, 1.82) is 0 Å². The average Bonchev–Trinajstić information content (AvgIpc) is 2.59. The van der Waals surface area contributed by atoms with Gasteiger partial charge in [0.25, 0.3) is 0 Å². The molecule has 2 rings (SSSR count). The summed E-state index contributed by atoms with van der Waals surface area (Å²) >= 11 is 2.79. The van der Waals surface area contributed by atoms with E-state index >= 15 is 0 Å². The lowest BCUT2D eigenvalue weighted by atomic mass is 10.2. The molecule has 13 heavy (non-hydrogen) atoms. The van der Waals surface area contributed by atoms with Gasteiger partial charge in [-0.25, -0.2) is 4.98 Å². The van der Waals surface area contributed by atoms with E-state index in [0.29, 0.717) is 0 Å². The Morgan fingerprint density at radius 3 is 3.08 bits per heavy atom. The van der Waals surface area contributed by atoms with Gasteiger partial charge in [0, 0.05) is 5.56 Å². The van der Waals surface area contributed by atoms with E-state index in [9.17, 15) is 0 Å². The van der Waals surface area contributed by atoms with Crippen LogP contribution in [0.25, 0.3) is 16.3 Å². The summed E-state index contributed by atoms with van der Waals surface area (Å²) < 4.78 is 2.05. The van der Waals surface area contributed by atoms with E-state index in [2.05, 4.69) is 11.6 Å². The highest BCUT2D eigenvalue weighted by Crippen LogP contribution is 2.29. The number of rotatable bonds is 2. The zero-order valence-corrected chi connectivity index (χ0v) is 8.49. The molecule has 2 nitrogen and oxygen atoms in total. The normalized spacial score (nSPS) is 10.5. The second-order valence-electron chi connectivity index (χ2n) is 2.50. The van der Waals surface area contributed by atoms with Crippen LogP contribution in [0.1, 0.15) is 5.56 Å². The third-order valence-corrected chi connectivity index (χ3v) is 3.40. The van der Waals surface area contributed by atoms with E-state index in [1.165, 1.54) is 11.9 Å². The first kappa shape index (κ1) is 8.74. The molecule has 66 valence electrons. The maximum atomic E-state index is 5.44. The molecule has 0 saturated heterocycles. The SMILES string of the molecule is C=Cc1cccc2sc(SN)nc12. The summed E-state index contributed by atoms with van der Waals surface area (Å²) in [5.74, 6) is 0. The number of nitrogens with two attached hydrogens (primary N) is 1. The smallest absolute Gasteiger partial charge is 0.165 e. The van der Waals surface area contributed by atoms with Crippen molar-refractivity contribution in [2.75, 3.05) is 0 Å². The minimum absolute atomic E-state index is 0.893. The van der Waals surface area contributed by atoms with Gasteiger partial charge in [-0.05, 0) is 18.0 Å². The van der Waals surface area contributed by atoms with Gasteiger partial charge in [0.1, 0.15) is 0 Å². The fourth-order valence-electron chi connectivity index (χ4n) is 1.16. The van der Waals surface area contributed by atoms with Crippen LogP contribution in [0.5, 0.6) is 0 Å². The highest BCUT2D eigenvalue weighted by molar-refractivity contribution is 7.99. The van der Waals surface area contributed by atoms with Gasteiger partial charge in [0.2, 0.25) is 0 Å². The topological polar surface area (TPSA) is 38.9 Å². The van der Waals surface area contributed by atoms with Crippen LogP contribution in [0.3, 0.4) is 0 Å². The van der Waals surface area contributed by atoms with Gasteiger partial charge in [-0.2, -0.15) is 0 Å². The minimum Gasteiger partial charge on any atom is -0.272 e. The van der Waals surface area contributed by atoms with Crippen molar-refractivity contribution in [1.82, 2.24) is 4.98 Å². The highest BCUT2D eigenvalue weighted by atomic mass is 32.2. The molecule has 0 aliphatic carbocycles. The number of thiazole rings is 1. The van der Waals surface area contributed by atoms with Crippen LogP contribution >= 0.6 is 23.3 Å². The lowest BCUT2D eigenvalue weighted by Gasteiger charge is -1.91. The Hall–Kier alpha value is -0.840. The lowest BCUT2D eigenvalue weighted by molar-refractivity contribution is 1.30. The zero-order chi connectivity index (χ0) is 9.26. The summed E-state index contributed by atoms with van der Waals surface area (Å²) in [4.78, 5) is 4.39. The van der Waals surface area contributed by atoms with Crippen LogP contribution < -0.4 is 5.14 Å². The summed E-state index contributed by atoms with van der Waals surface area (Å²) in [6.07, 6.45) is 1.81.